The van der Waals surface area contributed by atoms with E-state index in [0.717, 1.165) is 31.6 Å². The van der Waals surface area contributed by atoms with Crippen LogP contribution in [0.1, 0.15) is 18.9 Å². The normalized spacial score (nSPS) is 24.7. The predicted octanol–water partition coefficient (Wildman–Crippen LogP) is 3.51. The molecule has 1 saturated heterocycles. The molecule has 0 radical (unpaired) electrons. The molecule has 0 aliphatic carbocycles. The molecule has 7 heteroatoms. The van der Waals surface area contributed by atoms with E-state index in [9.17, 15) is 13.2 Å². The highest BCUT2D eigenvalue weighted by molar-refractivity contribution is 6.29. The summed E-state index contributed by atoms with van der Waals surface area (Å²) < 4.78 is 38.2. The van der Waals surface area contributed by atoms with Crippen molar-refractivity contribution in [2.24, 2.45) is 5.92 Å². The summed E-state index contributed by atoms with van der Waals surface area (Å²) in [7, 11) is 2.03. The Hall–Kier alpha value is -1.01. The number of anilines is 1. The van der Waals surface area contributed by atoms with Crippen LogP contribution in [0.3, 0.4) is 0 Å². The van der Waals surface area contributed by atoms with E-state index in [1.54, 1.807) is 0 Å². The maximum atomic E-state index is 12.7. The lowest BCUT2D eigenvalue weighted by Gasteiger charge is -2.35. The zero-order chi connectivity index (χ0) is 14.9. The smallest absolute Gasteiger partial charge is 0.367 e. The van der Waals surface area contributed by atoms with Gasteiger partial charge in [0, 0.05) is 12.6 Å². The first-order chi connectivity index (χ1) is 9.25. The summed E-state index contributed by atoms with van der Waals surface area (Å²) in [6.45, 7) is 3.89. The highest BCUT2D eigenvalue weighted by Crippen LogP contribution is 2.32. The van der Waals surface area contributed by atoms with Crippen molar-refractivity contribution in [1.29, 1.82) is 0 Å². The van der Waals surface area contributed by atoms with Crippen molar-refractivity contribution in [3.05, 3.63) is 22.8 Å². The number of rotatable bonds is 2. The zero-order valence-corrected chi connectivity index (χ0v) is 12.1. The minimum atomic E-state index is -4.42. The van der Waals surface area contributed by atoms with E-state index < -0.39 is 11.7 Å². The number of nitrogens with zero attached hydrogens (tertiary/aromatic N) is 2. The number of hydrogen-bond donors (Lipinski definition) is 1. The fraction of sp³-hybridized carbons (Fsp3) is 0.615. The van der Waals surface area contributed by atoms with Gasteiger partial charge in [0.2, 0.25) is 0 Å². The minimum absolute atomic E-state index is 0.109. The molecule has 0 amide bonds. The molecule has 3 nitrogen and oxygen atoms in total. The second-order valence-electron chi connectivity index (χ2n) is 5.34. The van der Waals surface area contributed by atoms with Gasteiger partial charge < -0.3 is 10.2 Å². The monoisotopic (exact) mass is 307 g/mol. The van der Waals surface area contributed by atoms with Crippen molar-refractivity contribution in [2.75, 3.05) is 25.5 Å². The van der Waals surface area contributed by atoms with Gasteiger partial charge in [0.05, 0.1) is 5.56 Å². The Balaban J connectivity index is 2.15. The van der Waals surface area contributed by atoms with Gasteiger partial charge in [-0.1, -0.05) is 18.5 Å². The molecule has 1 aromatic rings. The van der Waals surface area contributed by atoms with E-state index in [2.05, 4.69) is 22.1 Å². The van der Waals surface area contributed by atoms with Gasteiger partial charge >= 0.3 is 6.18 Å². The minimum Gasteiger partial charge on any atom is -0.367 e. The van der Waals surface area contributed by atoms with E-state index in [1.807, 2.05) is 7.05 Å². The summed E-state index contributed by atoms with van der Waals surface area (Å²) in [4.78, 5) is 6.14. The SMILES string of the molecule is CC1CN(C)CCC1Nc1cc(C(F)(F)F)cc(Cl)n1. The first-order valence-corrected chi connectivity index (χ1v) is 6.83. The van der Waals surface area contributed by atoms with Crippen LogP contribution in [-0.2, 0) is 6.18 Å². The van der Waals surface area contributed by atoms with Crippen molar-refractivity contribution in [3.8, 4) is 0 Å². The van der Waals surface area contributed by atoms with Crippen LogP contribution in [0.2, 0.25) is 5.15 Å². The van der Waals surface area contributed by atoms with E-state index in [-0.39, 0.29) is 17.0 Å². The molecule has 1 aromatic heterocycles. The van der Waals surface area contributed by atoms with Crippen LogP contribution in [0.15, 0.2) is 12.1 Å². The Bertz CT molecular complexity index is 478. The van der Waals surface area contributed by atoms with Gasteiger partial charge in [-0.15, -0.1) is 0 Å². The molecule has 1 aliphatic rings. The van der Waals surface area contributed by atoms with Gasteiger partial charge in [0.25, 0.3) is 0 Å². The molecule has 2 atom stereocenters. The van der Waals surface area contributed by atoms with Crippen molar-refractivity contribution in [1.82, 2.24) is 9.88 Å². The van der Waals surface area contributed by atoms with Gasteiger partial charge in [0.1, 0.15) is 11.0 Å². The fourth-order valence-corrected chi connectivity index (χ4v) is 2.70. The van der Waals surface area contributed by atoms with E-state index >= 15 is 0 Å². The third kappa shape index (κ3) is 3.76. The molecular formula is C13H17ClF3N3. The fourth-order valence-electron chi connectivity index (χ4n) is 2.49. The number of aromatic nitrogens is 1. The molecule has 2 heterocycles. The van der Waals surface area contributed by atoms with Crippen molar-refractivity contribution >= 4 is 17.4 Å². The van der Waals surface area contributed by atoms with E-state index in [4.69, 9.17) is 11.6 Å². The Kier molecular flexibility index (Phi) is 4.44. The molecule has 0 aromatic carbocycles. The lowest BCUT2D eigenvalue weighted by molar-refractivity contribution is -0.137. The summed E-state index contributed by atoms with van der Waals surface area (Å²) in [5.41, 5.74) is -0.777. The highest BCUT2D eigenvalue weighted by atomic mass is 35.5. The average molecular weight is 308 g/mol. The topological polar surface area (TPSA) is 28.2 Å². The summed E-state index contributed by atoms with van der Waals surface area (Å²) in [6, 6.07) is 1.96. The maximum absolute atomic E-state index is 12.7. The third-order valence-corrected chi connectivity index (χ3v) is 3.76. The van der Waals surface area contributed by atoms with E-state index in [1.165, 1.54) is 0 Å². The Labute approximate surface area is 121 Å². The van der Waals surface area contributed by atoms with Crippen LogP contribution in [0, 0.1) is 5.92 Å². The van der Waals surface area contributed by atoms with Gasteiger partial charge in [-0.05, 0) is 38.1 Å². The molecule has 1 N–H and O–H groups in total. The van der Waals surface area contributed by atoms with Gasteiger partial charge in [0.15, 0.2) is 0 Å². The molecule has 20 heavy (non-hydrogen) atoms. The average Bonchev–Trinajstić information content (AvgIpc) is 2.31. The number of alkyl halides is 3. The number of hydrogen-bond acceptors (Lipinski definition) is 3. The number of halogens is 4. The summed E-state index contributed by atoms with van der Waals surface area (Å²) in [5, 5.41) is 2.93. The number of likely N-dealkylation sites (tertiary alicyclic amines) is 1. The van der Waals surface area contributed by atoms with Gasteiger partial charge in [-0.2, -0.15) is 13.2 Å². The van der Waals surface area contributed by atoms with E-state index in [0.29, 0.717) is 5.92 Å². The largest absolute Gasteiger partial charge is 0.416 e. The standard InChI is InChI=1S/C13H17ClF3N3/c1-8-7-20(2)4-3-10(8)18-12-6-9(13(15,16)17)5-11(14)19-12/h5-6,8,10H,3-4,7H2,1-2H3,(H,18,19). The number of pyridine rings is 1. The second kappa shape index (κ2) is 5.77. The van der Waals surface area contributed by atoms with Crippen LogP contribution in [-0.4, -0.2) is 36.1 Å². The zero-order valence-electron chi connectivity index (χ0n) is 11.3. The quantitative estimate of drug-likeness (QED) is 0.848. The predicted molar refractivity (Wildman–Crippen MR) is 72.9 cm³/mol. The number of nitrogens with one attached hydrogen (secondary N) is 1. The number of piperidine rings is 1. The Morgan fingerprint density at radius 2 is 2.10 bits per heavy atom. The summed E-state index contributed by atoms with van der Waals surface area (Å²) >= 11 is 5.67. The molecule has 112 valence electrons. The Morgan fingerprint density at radius 1 is 1.40 bits per heavy atom. The molecule has 2 unspecified atom stereocenters. The maximum Gasteiger partial charge on any atom is 0.416 e. The molecule has 2 rings (SSSR count). The first kappa shape index (κ1) is 15.4. The third-order valence-electron chi connectivity index (χ3n) is 3.56. The molecule has 0 bridgehead atoms. The second-order valence-corrected chi connectivity index (χ2v) is 5.73. The summed E-state index contributed by atoms with van der Waals surface area (Å²) in [6.07, 6.45) is -3.55. The molecule has 0 spiro atoms. The molecule has 1 aliphatic heterocycles. The van der Waals surface area contributed by atoms with Crippen molar-refractivity contribution in [3.63, 3.8) is 0 Å². The van der Waals surface area contributed by atoms with Crippen LogP contribution in [0.4, 0.5) is 19.0 Å². The molecule has 0 saturated carbocycles. The van der Waals surface area contributed by atoms with Gasteiger partial charge in [-0.25, -0.2) is 4.98 Å². The molecule has 1 fully saturated rings. The summed E-state index contributed by atoms with van der Waals surface area (Å²) in [5.74, 6) is 0.523. The van der Waals surface area contributed by atoms with Gasteiger partial charge in [-0.3, -0.25) is 0 Å². The first-order valence-electron chi connectivity index (χ1n) is 6.45. The lowest BCUT2D eigenvalue weighted by Crippen LogP contribution is -2.43. The van der Waals surface area contributed by atoms with Crippen molar-refractivity contribution < 1.29 is 13.2 Å². The Morgan fingerprint density at radius 3 is 2.70 bits per heavy atom. The lowest BCUT2D eigenvalue weighted by atomic mass is 9.94. The van der Waals surface area contributed by atoms with Crippen LogP contribution in [0.5, 0.6) is 0 Å². The van der Waals surface area contributed by atoms with Crippen LogP contribution < -0.4 is 5.32 Å². The van der Waals surface area contributed by atoms with Crippen LogP contribution >= 0.6 is 11.6 Å². The molecular weight excluding hydrogens is 291 g/mol. The highest BCUT2D eigenvalue weighted by Gasteiger charge is 2.32. The van der Waals surface area contributed by atoms with Crippen molar-refractivity contribution in [2.45, 2.75) is 25.6 Å². The van der Waals surface area contributed by atoms with Crippen LogP contribution in [0.25, 0.3) is 0 Å².